The third kappa shape index (κ3) is 3.55. The van der Waals surface area contributed by atoms with Crippen molar-refractivity contribution in [1.29, 1.82) is 0 Å². The largest absolute Gasteiger partial charge is 0.345 e. The SMILES string of the molecule is C[C@@H](NC(=O)c1cnc(Cl)c(Cl)c1)c1ccc(-n2cncn2)cc1. The molecule has 1 aromatic carbocycles. The maximum Gasteiger partial charge on any atom is 0.253 e. The molecule has 3 rings (SSSR count). The number of halogens is 2. The minimum atomic E-state index is -0.270. The molecule has 0 spiro atoms. The van der Waals surface area contributed by atoms with Crippen LogP contribution >= 0.6 is 23.2 Å². The normalized spacial score (nSPS) is 12.0. The number of benzene rings is 1. The van der Waals surface area contributed by atoms with Gasteiger partial charge in [-0.3, -0.25) is 4.79 Å². The summed E-state index contributed by atoms with van der Waals surface area (Å²) < 4.78 is 1.66. The van der Waals surface area contributed by atoms with E-state index >= 15 is 0 Å². The fourth-order valence-electron chi connectivity index (χ4n) is 2.17. The lowest BCUT2D eigenvalue weighted by Crippen LogP contribution is -2.26. The average molecular weight is 362 g/mol. The Bertz CT molecular complexity index is 849. The number of nitrogens with one attached hydrogen (secondary N) is 1. The molecule has 0 aliphatic carbocycles. The van der Waals surface area contributed by atoms with E-state index in [4.69, 9.17) is 23.2 Å². The molecular formula is C16H13Cl2N5O. The van der Waals surface area contributed by atoms with Crippen molar-refractivity contribution < 1.29 is 4.79 Å². The number of carbonyl (C=O) groups is 1. The molecule has 0 aliphatic rings. The number of nitrogens with zero attached hydrogens (tertiary/aromatic N) is 4. The molecule has 8 heteroatoms. The van der Waals surface area contributed by atoms with E-state index in [2.05, 4.69) is 20.4 Å². The van der Waals surface area contributed by atoms with E-state index < -0.39 is 0 Å². The molecule has 122 valence electrons. The number of amides is 1. The number of carbonyl (C=O) groups excluding carboxylic acids is 1. The van der Waals surface area contributed by atoms with Crippen LogP contribution in [0.3, 0.4) is 0 Å². The standard InChI is InChI=1S/C16H13Cl2N5O/c1-10(22-16(24)12-6-14(17)15(18)20-7-12)11-2-4-13(5-3-11)23-9-19-8-21-23/h2-10H,1H3,(H,22,24)/t10-/m1/s1. The van der Waals surface area contributed by atoms with Crippen LogP contribution in [0.25, 0.3) is 5.69 Å². The molecule has 2 aromatic heterocycles. The summed E-state index contributed by atoms with van der Waals surface area (Å²) in [7, 11) is 0. The van der Waals surface area contributed by atoms with E-state index in [1.807, 2.05) is 31.2 Å². The van der Waals surface area contributed by atoms with Crippen LogP contribution in [0, 0.1) is 0 Å². The topological polar surface area (TPSA) is 72.7 Å². The molecule has 0 aliphatic heterocycles. The Morgan fingerprint density at radius 1 is 1.25 bits per heavy atom. The van der Waals surface area contributed by atoms with Crippen LogP contribution in [0.1, 0.15) is 28.9 Å². The summed E-state index contributed by atoms with van der Waals surface area (Å²) >= 11 is 11.6. The smallest absolute Gasteiger partial charge is 0.253 e. The fraction of sp³-hybridized carbons (Fsp3) is 0.125. The second-order valence-electron chi connectivity index (χ2n) is 5.12. The zero-order chi connectivity index (χ0) is 17.1. The van der Waals surface area contributed by atoms with Crippen molar-refractivity contribution >= 4 is 29.1 Å². The van der Waals surface area contributed by atoms with Crippen LogP contribution in [0.2, 0.25) is 10.2 Å². The molecule has 0 saturated carbocycles. The number of rotatable bonds is 4. The molecule has 1 atom stereocenters. The first kappa shape index (κ1) is 16.4. The van der Waals surface area contributed by atoms with Gasteiger partial charge in [0.1, 0.15) is 17.8 Å². The summed E-state index contributed by atoms with van der Waals surface area (Å²) in [5, 5.41) is 7.38. The quantitative estimate of drug-likeness (QED) is 0.722. The minimum absolute atomic E-state index is 0.171. The summed E-state index contributed by atoms with van der Waals surface area (Å²) in [5.41, 5.74) is 2.21. The number of aromatic nitrogens is 4. The number of hydrogen-bond acceptors (Lipinski definition) is 4. The molecule has 0 fully saturated rings. The Labute approximate surface area is 148 Å². The van der Waals surface area contributed by atoms with Gasteiger partial charge in [-0.05, 0) is 30.7 Å². The van der Waals surface area contributed by atoms with Gasteiger partial charge in [-0.2, -0.15) is 5.10 Å². The van der Waals surface area contributed by atoms with Crippen LogP contribution < -0.4 is 5.32 Å². The van der Waals surface area contributed by atoms with E-state index in [9.17, 15) is 4.79 Å². The van der Waals surface area contributed by atoms with Gasteiger partial charge in [0.05, 0.1) is 22.3 Å². The van der Waals surface area contributed by atoms with Gasteiger partial charge < -0.3 is 5.32 Å². The highest BCUT2D eigenvalue weighted by Gasteiger charge is 2.13. The molecule has 0 bridgehead atoms. The van der Waals surface area contributed by atoms with Crippen LogP contribution in [0.5, 0.6) is 0 Å². The second-order valence-corrected chi connectivity index (χ2v) is 5.89. The van der Waals surface area contributed by atoms with Crippen molar-refractivity contribution in [1.82, 2.24) is 25.1 Å². The van der Waals surface area contributed by atoms with E-state index in [-0.39, 0.29) is 22.1 Å². The molecule has 0 unspecified atom stereocenters. The first-order valence-electron chi connectivity index (χ1n) is 7.11. The maximum absolute atomic E-state index is 12.3. The van der Waals surface area contributed by atoms with Gasteiger partial charge >= 0.3 is 0 Å². The van der Waals surface area contributed by atoms with Crippen LogP contribution in [0.15, 0.2) is 49.2 Å². The van der Waals surface area contributed by atoms with Gasteiger partial charge in [-0.1, -0.05) is 35.3 Å². The zero-order valence-electron chi connectivity index (χ0n) is 12.6. The predicted molar refractivity (Wildman–Crippen MR) is 91.5 cm³/mol. The van der Waals surface area contributed by atoms with Gasteiger partial charge in [0.2, 0.25) is 0 Å². The monoisotopic (exact) mass is 361 g/mol. The van der Waals surface area contributed by atoms with Gasteiger partial charge in [0, 0.05) is 6.20 Å². The van der Waals surface area contributed by atoms with E-state index in [0.717, 1.165) is 11.3 Å². The molecule has 0 radical (unpaired) electrons. The lowest BCUT2D eigenvalue weighted by Gasteiger charge is -2.15. The second kappa shape index (κ2) is 6.98. The molecule has 1 N–H and O–H groups in total. The molecule has 2 heterocycles. The van der Waals surface area contributed by atoms with Gasteiger partial charge in [0.15, 0.2) is 0 Å². The summed E-state index contributed by atoms with van der Waals surface area (Å²) in [6.45, 7) is 1.90. The highest BCUT2D eigenvalue weighted by molar-refractivity contribution is 6.41. The number of hydrogen-bond donors (Lipinski definition) is 1. The lowest BCUT2D eigenvalue weighted by atomic mass is 10.1. The Morgan fingerprint density at radius 2 is 2.00 bits per heavy atom. The first-order valence-corrected chi connectivity index (χ1v) is 7.87. The molecule has 6 nitrogen and oxygen atoms in total. The van der Waals surface area contributed by atoms with Crippen molar-refractivity contribution in [3.05, 3.63) is 70.5 Å². The van der Waals surface area contributed by atoms with Crippen molar-refractivity contribution in [3.8, 4) is 5.69 Å². The Balaban J connectivity index is 1.71. The van der Waals surface area contributed by atoms with Gasteiger partial charge in [-0.15, -0.1) is 0 Å². The van der Waals surface area contributed by atoms with Crippen molar-refractivity contribution in [2.24, 2.45) is 0 Å². The highest BCUT2D eigenvalue weighted by atomic mass is 35.5. The zero-order valence-corrected chi connectivity index (χ0v) is 14.2. The number of pyridine rings is 1. The lowest BCUT2D eigenvalue weighted by molar-refractivity contribution is 0.0939. The molecule has 3 aromatic rings. The molecule has 1 amide bonds. The van der Waals surface area contributed by atoms with Gasteiger partial charge in [0.25, 0.3) is 5.91 Å². The molecule has 0 saturated heterocycles. The van der Waals surface area contributed by atoms with Crippen LogP contribution in [0.4, 0.5) is 0 Å². The first-order chi connectivity index (χ1) is 11.5. The third-order valence-corrected chi connectivity index (χ3v) is 4.17. The van der Waals surface area contributed by atoms with Crippen LogP contribution in [-0.2, 0) is 0 Å². The van der Waals surface area contributed by atoms with E-state index in [1.165, 1.54) is 18.6 Å². The summed E-state index contributed by atoms with van der Waals surface area (Å²) in [6, 6.07) is 8.98. The van der Waals surface area contributed by atoms with Crippen molar-refractivity contribution in [3.63, 3.8) is 0 Å². The highest BCUT2D eigenvalue weighted by Crippen LogP contribution is 2.21. The minimum Gasteiger partial charge on any atom is -0.345 e. The summed E-state index contributed by atoms with van der Waals surface area (Å²) in [6.07, 6.45) is 4.49. The van der Waals surface area contributed by atoms with Crippen molar-refractivity contribution in [2.75, 3.05) is 0 Å². The van der Waals surface area contributed by atoms with Gasteiger partial charge in [-0.25, -0.2) is 14.6 Å². The summed E-state index contributed by atoms with van der Waals surface area (Å²) in [4.78, 5) is 20.1. The average Bonchev–Trinajstić information content (AvgIpc) is 3.12. The fourth-order valence-corrected chi connectivity index (χ4v) is 2.44. The summed E-state index contributed by atoms with van der Waals surface area (Å²) in [5.74, 6) is -0.270. The Morgan fingerprint density at radius 3 is 2.62 bits per heavy atom. The van der Waals surface area contributed by atoms with E-state index in [0.29, 0.717) is 5.56 Å². The third-order valence-electron chi connectivity index (χ3n) is 3.48. The predicted octanol–water partition coefficient (Wildman–Crippen LogP) is 3.46. The Hall–Kier alpha value is -2.44. The maximum atomic E-state index is 12.3. The van der Waals surface area contributed by atoms with E-state index in [1.54, 1.807) is 11.0 Å². The molecule has 24 heavy (non-hydrogen) atoms. The van der Waals surface area contributed by atoms with Crippen LogP contribution in [-0.4, -0.2) is 25.7 Å². The van der Waals surface area contributed by atoms with Crippen molar-refractivity contribution in [2.45, 2.75) is 13.0 Å². The molecular weight excluding hydrogens is 349 g/mol. The Kier molecular flexibility index (Phi) is 4.78.